The van der Waals surface area contributed by atoms with Crippen LogP contribution in [0.25, 0.3) is 0 Å². The summed E-state index contributed by atoms with van der Waals surface area (Å²) in [5.41, 5.74) is 0.312. The lowest BCUT2D eigenvalue weighted by Gasteiger charge is -2.41. The van der Waals surface area contributed by atoms with Crippen LogP contribution < -0.4 is 5.32 Å². The van der Waals surface area contributed by atoms with Crippen LogP contribution in [0.1, 0.15) is 38.5 Å². The van der Waals surface area contributed by atoms with Crippen molar-refractivity contribution >= 4 is 11.6 Å². The number of hydrogen-bond acceptors (Lipinski definition) is 2. The Hall–Kier alpha value is 0.210. The summed E-state index contributed by atoms with van der Waals surface area (Å²) in [4.78, 5) is 2.58. The van der Waals surface area contributed by atoms with Gasteiger partial charge in [0.1, 0.15) is 0 Å². The highest BCUT2D eigenvalue weighted by Crippen LogP contribution is 2.32. The summed E-state index contributed by atoms with van der Waals surface area (Å²) in [6.07, 6.45) is 7.99. The molecule has 0 bridgehead atoms. The van der Waals surface area contributed by atoms with E-state index in [1.54, 1.807) is 0 Å². The molecule has 1 N–H and O–H groups in total. The third kappa shape index (κ3) is 3.08. The molecular weight excluding hydrogens is 208 g/mol. The fourth-order valence-electron chi connectivity index (χ4n) is 2.62. The molecule has 0 spiro atoms. The molecule has 1 heterocycles. The topological polar surface area (TPSA) is 15.3 Å². The first-order valence-electron chi connectivity index (χ1n) is 6.38. The second-order valence-electron chi connectivity index (χ2n) is 5.10. The van der Waals surface area contributed by atoms with Crippen molar-refractivity contribution in [2.45, 2.75) is 44.1 Å². The van der Waals surface area contributed by atoms with Gasteiger partial charge in [0.05, 0.1) is 0 Å². The summed E-state index contributed by atoms with van der Waals surface area (Å²) >= 11 is 5.99. The molecule has 0 aromatic carbocycles. The van der Waals surface area contributed by atoms with Crippen LogP contribution in [0.3, 0.4) is 0 Å². The average molecular weight is 231 g/mol. The minimum absolute atomic E-state index is 0.312. The quantitative estimate of drug-likeness (QED) is 0.556. The van der Waals surface area contributed by atoms with Gasteiger partial charge in [0.25, 0.3) is 0 Å². The van der Waals surface area contributed by atoms with E-state index in [-0.39, 0.29) is 0 Å². The van der Waals surface area contributed by atoms with Crippen LogP contribution in [0, 0.1) is 0 Å². The summed E-state index contributed by atoms with van der Waals surface area (Å²) in [6, 6.07) is 0. The van der Waals surface area contributed by atoms with Gasteiger partial charge in [-0.3, -0.25) is 0 Å². The van der Waals surface area contributed by atoms with Crippen molar-refractivity contribution in [1.29, 1.82) is 0 Å². The highest BCUT2D eigenvalue weighted by Gasteiger charge is 2.35. The summed E-state index contributed by atoms with van der Waals surface area (Å²) in [5.74, 6) is 0.788. The van der Waals surface area contributed by atoms with Gasteiger partial charge in [-0.05, 0) is 64.7 Å². The van der Waals surface area contributed by atoms with Crippen LogP contribution in [-0.2, 0) is 0 Å². The second-order valence-corrected chi connectivity index (χ2v) is 5.36. The van der Waals surface area contributed by atoms with E-state index in [4.69, 9.17) is 11.6 Å². The van der Waals surface area contributed by atoms with E-state index in [0.717, 1.165) is 12.4 Å². The van der Waals surface area contributed by atoms with Gasteiger partial charge < -0.3 is 10.2 Å². The predicted molar refractivity (Wildman–Crippen MR) is 65.6 cm³/mol. The smallest absolute Gasteiger partial charge is 0.0406 e. The van der Waals surface area contributed by atoms with Crippen LogP contribution >= 0.6 is 11.6 Å². The fourth-order valence-corrected chi connectivity index (χ4v) is 2.99. The highest BCUT2D eigenvalue weighted by atomic mass is 35.5. The number of halogens is 1. The van der Waals surface area contributed by atoms with Crippen LogP contribution in [0.2, 0.25) is 0 Å². The molecule has 2 aliphatic rings. The molecule has 0 atom stereocenters. The number of nitrogens with one attached hydrogen (secondary N) is 1. The SMILES string of the molecule is ClCC1(NCCCN2CCCC2)CCC1. The summed E-state index contributed by atoms with van der Waals surface area (Å²) in [6.45, 7) is 5.05. The van der Waals surface area contributed by atoms with E-state index in [1.165, 1.54) is 58.2 Å². The lowest BCUT2D eigenvalue weighted by Crippen LogP contribution is -2.53. The zero-order chi connectivity index (χ0) is 10.6. The Bertz CT molecular complexity index is 181. The van der Waals surface area contributed by atoms with Gasteiger partial charge in [0.15, 0.2) is 0 Å². The van der Waals surface area contributed by atoms with Crippen molar-refractivity contribution in [2.75, 3.05) is 32.1 Å². The van der Waals surface area contributed by atoms with E-state index in [2.05, 4.69) is 10.2 Å². The third-order valence-electron chi connectivity index (χ3n) is 3.92. The maximum absolute atomic E-state index is 5.99. The van der Waals surface area contributed by atoms with Gasteiger partial charge in [-0.2, -0.15) is 0 Å². The zero-order valence-electron chi connectivity index (χ0n) is 9.60. The Morgan fingerprint density at radius 3 is 2.40 bits per heavy atom. The molecule has 0 amide bonds. The number of likely N-dealkylation sites (tertiary alicyclic amines) is 1. The molecule has 88 valence electrons. The van der Waals surface area contributed by atoms with E-state index < -0.39 is 0 Å². The first kappa shape index (κ1) is 11.7. The molecule has 2 fully saturated rings. The molecule has 0 unspecified atom stereocenters. The van der Waals surface area contributed by atoms with Crippen molar-refractivity contribution in [3.8, 4) is 0 Å². The fraction of sp³-hybridized carbons (Fsp3) is 1.00. The van der Waals surface area contributed by atoms with Crippen molar-refractivity contribution in [2.24, 2.45) is 0 Å². The van der Waals surface area contributed by atoms with Crippen molar-refractivity contribution in [3.05, 3.63) is 0 Å². The molecular formula is C12H23ClN2. The Labute approximate surface area is 98.4 Å². The van der Waals surface area contributed by atoms with E-state index in [0.29, 0.717) is 5.54 Å². The van der Waals surface area contributed by atoms with Gasteiger partial charge in [-0.1, -0.05) is 0 Å². The first-order valence-corrected chi connectivity index (χ1v) is 6.91. The van der Waals surface area contributed by atoms with E-state index in [9.17, 15) is 0 Å². The first-order chi connectivity index (χ1) is 7.35. The zero-order valence-corrected chi connectivity index (χ0v) is 10.4. The molecule has 1 aliphatic carbocycles. The van der Waals surface area contributed by atoms with Gasteiger partial charge in [0, 0.05) is 11.4 Å². The van der Waals surface area contributed by atoms with Crippen molar-refractivity contribution in [1.82, 2.24) is 10.2 Å². The Balaban J connectivity index is 1.54. The van der Waals surface area contributed by atoms with Crippen LogP contribution in [0.5, 0.6) is 0 Å². The summed E-state index contributed by atoms with van der Waals surface area (Å²) < 4.78 is 0. The molecule has 1 aliphatic heterocycles. The normalized spacial score (nSPS) is 25.4. The number of hydrogen-bond donors (Lipinski definition) is 1. The molecule has 0 radical (unpaired) electrons. The van der Waals surface area contributed by atoms with Gasteiger partial charge in [0.2, 0.25) is 0 Å². The Kier molecular flexibility index (Phi) is 4.30. The number of nitrogens with zero attached hydrogens (tertiary/aromatic N) is 1. The number of rotatable bonds is 6. The maximum Gasteiger partial charge on any atom is 0.0406 e. The third-order valence-corrected chi connectivity index (χ3v) is 4.43. The van der Waals surface area contributed by atoms with Gasteiger partial charge >= 0.3 is 0 Å². The van der Waals surface area contributed by atoms with Crippen molar-refractivity contribution in [3.63, 3.8) is 0 Å². The molecule has 2 nitrogen and oxygen atoms in total. The second kappa shape index (κ2) is 5.51. The largest absolute Gasteiger partial charge is 0.310 e. The molecule has 1 saturated heterocycles. The predicted octanol–water partition coefficient (Wildman–Crippen LogP) is 2.22. The summed E-state index contributed by atoms with van der Waals surface area (Å²) in [5, 5.41) is 3.65. The highest BCUT2D eigenvalue weighted by molar-refractivity contribution is 6.18. The average Bonchev–Trinajstić information content (AvgIpc) is 2.68. The minimum Gasteiger partial charge on any atom is -0.310 e. The molecule has 0 aromatic heterocycles. The molecule has 0 aromatic rings. The summed E-state index contributed by atoms with van der Waals surface area (Å²) in [7, 11) is 0. The maximum atomic E-state index is 5.99. The minimum atomic E-state index is 0.312. The molecule has 2 rings (SSSR count). The Morgan fingerprint density at radius 2 is 1.87 bits per heavy atom. The van der Waals surface area contributed by atoms with E-state index in [1.807, 2.05) is 0 Å². The molecule has 3 heteroatoms. The van der Waals surface area contributed by atoms with Crippen LogP contribution in [0.4, 0.5) is 0 Å². The lowest BCUT2D eigenvalue weighted by molar-refractivity contribution is 0.208. The monoisotopic (exact) mass is 230 g/mol. The van der Waals surface area contributed by atoms with E-state index >= 15 is 0 Å². The van der Waals surface area contributed by atoms with Crippen LogP contribution in [0.15, 0.2) is 0 Å². The molecule has 1 saturated carbocycles. The number of alkyl halides is 1. The lowest BCUT2D eigenvalue weighted by atomic mass is 9.78. The van der Waals surface area contributed by atoms with Gasteiger partial charge in [-0.25, -0.2) is 0 Å². The van der Waals surface area contributed by atoms with Crippen molar-refractivity contribution < 1.29 is 0 Å². The molecule has 15 heavy (non-hydrogen) atoms. The van der Waals surface area contributed by atoms with Crippen LogP contribution in [-0.4, -0.2) is 42.5 Å². The Morgan fingerprint density at radius 1 is 1.13 bits per heavy atom. The standard InChI is InChI=1S/C12H23ClN2/c13-11-12(5-3-6-12)14-7-4-10-15-8-1-2-9-15/h14H,1-11H2. The van der Waals surface area contributed by atoms with Gasteiger partial charge in [-0.15, -0.1) is 11.6 Å².